The SMILES string of the molecule is C[C@@H](N)C(=O)N1CC(=O)Nc2ccccc21. The van der Waals surface area contributed by atoms with Gasteiger partial charge in [0, 0.05) is 0 Å². The van der Waals surface area contributed by atoms with E-state index in [1.165, 1.54) is 4.90 Å². The summed E-state index contributed by atoms with van der Waals surface area (Å²) in [7, 11) is 0. The quantitative estimate of drug-likeness (QED) is 0.714. The van der Waals surface area contributed by atoms with Crippen LogP contribution in [-0.2, 0) is 9.59 Å². The van der Waals surface area contributed by atoms with Crippen LogP contribution in [0.25, 0.3) is 0 Å². The van der Waals surface area contributed by atoms with Gasteiger partial charge in [-0.2, -0.15) is 0 Å². The average Bonchev–Trinajstić information content (AvgIpc) is 2.26. The number of nitrogens with one attached hydrogen (secondary N) is 1. The highest BCUT2D eigenvalue weighted by Gasteiger charge is 2.27. The van der Waals surface area contributed by atoms with E-state index in [0.717, 1.165) is 0 Å². The van der Waals surface area contributed by atoms with Crippen molar-refractivity contribution >= 4 is 23.2 Å². The number of carbonyl (C=O) groups is 2. The molecule has 0 unspecified atom stereocenters. The first kappa shape index (κ1) is 10.6. The molecule has 84 valence electrons. The highest BCUT2D eigenvalue weighted by Crippen LogP contribution is 2.28. The Balaban J connectivity index is 2.41. The Bertz CT molecular complexity index is 443. The fraction of sp³-hybridized carbons (Fsp3) is 0.273. The van der Waals surface area contributed by atoms with Crippen molar-refractivity contribution in [2.45, 2.75) is 13.0 Å². The van der Waals surface area contributed by atoms with E-state index in [0.29, 0.717) is 11.4 Å². The van der Waals surface area contributed by atoms with E-state index in [1.807, 2.05) is 6.07 Å². The highest BCUT2D eigenvalue weighted by molar-refractivity contribution is 6.10. The molecule has 0 saturated carbocycles. The van der Waals surface area contributed by atoms with Gasteiger partial charge in [-0.3, -0.25) is 14.5 Å². The maximum atomic E-state index is 11.8. The predicted octanol–water partition coefficient (Wildman–Crippen LogP) is 0.319. The Morgan fingerprint density at radius 2 is 2.19 bits per heavy atom. The summed E-state index contributed by atoms with van der Waals surface area (Å²) in [6, 6.07) is 6.55. The Kier molecular flexibility index (Phi) is 2.62. The summed E-state index contributed by atoms with van der Waals surface area (Å²) in [5, 5.41) is 2.71. The Morgan fingerprint density at radius 3 is 2.88 bits per heavy atom. The summed E-state index contributed by atoms with van der Waals surface area (Å²) < 4.78 is 0. The molecule has 0 radical (unpaired) electrons. The lowest BCUT2D eigenvalue weighted by Crippen LogP contribution is -2.48. The number of nitrogens with two attached hydrogens (primary N) is 1. The number of benzene rings is 1. The van der Waals surface area contributed by atoms with Crippen LogP contribution in [0.4, 0.5) is 11.4 Å². The fourth-order valence-corrected chi connectivity index (χ4v) is 1.68. The third-order valence-corrected chi connectivity index (χ3v) is 2.43. The maximum absolute atomic E-state index is 11.8. The Morgan fingerprint density at radius 1 is 1.50 bits per heavy atom. The lowest BCUT2D eigenvalue weighted by molar-refractivity contribution is -0.122. The lowest BCUT2D eigenvalue weighted by atomic mass is 10.1. The van der Waals surface area contributed by atoms with Gasteiger partial charge in [-0.05, 0) is 19.1 Å². The molecular weight excluding hydrogens is 206 g/mol. The van der Waals surface area contributed by atoms with Gasteiger partial charge in [0.25, 0.3) is 0 Å². The van der Waals surface area contributed by atoms with Crippen LogP contribution in [0, 0.1) is 0 Å². The normalized spacial score (nSPS) is 16.4. The van der Waals surface area contributed by atoms with Crippen molar-refractivity contribution < 1.29 is 9.59 Å². The summed E-state index contributed by atoms with van der Waals surface area (Å²) in [6.45, 7) is 1.63. The van der Waals surface area contributed by atoms with Crippen LogP contribution < -0.4 is 16.0 Å². The van der Waals surface area contributed by atoms with E-state index in [2.05, 4.69) is 5.32 Å². The third kappa shape index (κ3) is 1.77. The molecule has 0 saturated heterocycles. The van der Waals surface area contributed by atoms with Gasteiger partial charge in [0.15, 0.2) is 0 Å². The topological polar surface area (TPSA) is 75.4 Å². The first-order valence-corrected chi connectivity index (χ1v) is 5.05. The van der Waals surface area contributed by atoms with Crippen molar-refractivity contribution in [3.63, 3.8) is 0 Å². The second-order valence-electron chi connectivity index (χ2n) is 3.78. The van der Waals surface area contributed by atoms with E-state index in [9.17, 15) is 9.59 Å². The number of amides is 2. The fourth-order valence-electron chi connectivity index (χ4n) is 1.68. The zero-order valence-electron chi connectivity index (χ0n) is 8.93. The van der Waals surface area contributed by atoms with Gasteiger partial charge >= 0.3 is 0 Å². The van der Waals surface area contributed by atoms with E-state index in [1.54, 1.807) is 25.1 Å². The molecule has 1 aromatic carbocycles. The molecule has 1 aromatic rings. The van der Waals surface area contributed by atoms with Gasteiger partial charge in [-0.1, -0.05) is 12.1 Å². The van der Waals surface area contributed by atoms with Crippen LogP contribution in [0.3, 0.4) is 0 Å². The molecular formula is C11H13N3O2. The molecule has 0 spiro atoms. The molecule has 1 heterocycles. The minimum Gasteiger partial charge on any atom is -0.323 e. The molecule has 2 rings (SSSR count). The predicted molar refractivity (Wildman–Crippen MR) is 61.1 cm³/mol. The van der Waals surface area contributed by atoms with Gasteiger partial charge in [0.1, 0.15) is 6.54 Å². The third-order valence-electron chi connectivity index (χ3n) is 2.43. The second-order valence-corrected chi connectivity index (χ2v) is 3.78. The molecule has 0 aromatic heterocycles. The van der Waals surface area contributed by atoms with Crippen LogP contribution in [0.5, 0.6) is 0 Å². The molecule has 2 amide bonds. The minimum atomic E-state index is -0.612. The number of nitrogens with zero attached hydrogens (tertiary/aromatic N) is 1. The molecule has 1 atom stereocenters. The standard InChI is InChI=1S/C11H13N3O2/c1-7(12)11(16)14-6-10(15)13-8-4-2-3-5-9(8)14/h2-5,7H,6,12H2,1H3,(H,13,15)/t7-/m1/s1. The number of hydrogen-bond donors (Lipinski definition) is 2. The molecule has 16 heavy (non-hydrogen) atoms. The summed E-state index contributed by atoms with van der Waals surface area (Å²) in [4.78, 5) is 24.7. The maximum Gasteiger partial charge on any atom is 0.244 e. The van der Waals surface area contributed by atoms with Crippen LogP contribution in [0.2, 0.25) is 0 Å². The lowest BCUT2D eigenvalue weighted by Gasteiger charge is -2.30. The summed E-state index contributed by atoms with van der Waals surface area (Å²) in [5.41, 5.74) is 6.89. The monoisotopic (exact) mass is 219 g/mol. The second kappa shape index (κ2) is 3.94. The number of para-hydroxylation sites is 2. The molecule has 1 aliphatic heterocycles. The minimum absolute atomic E-state index is 0.0252. The first-order chi connectivity index (χ1) is 7.59. The number of rotatable bonds is 1. The van der Waals surface area contributed by atoms with Crippen LogP contribution in [0.1, 0.15) is 6.92 Å². The Labute approximate surface area is 93.2 Å². The number of carbonyl (C=O) groups excluding carboxylic acids is 2. The molecule has 0 bridgehead atoms. The van der Waals surface area contributed by atoms with E-state index in [4.69, 9.17) is 5.73 Å². The largest absolute Gasteiger partial charge is 0.323 e. The molecule has 1 aliphatic rings. The highest BCUT2D eigenvalue weighted by atomic mass is 16.2. The number of hydrogen-bond acceptors (Lipinski definition) is 3. The van der Waals surface area contributed by atoms with Crippen LogP contribution >= 0.6 is 0 Å². The van der Waals surface area contributed by atoms with Crippen molar-refractivity contribution in [1.29, 1.82) is 0 Å². The zero-order chi connectivity index (χ0) is 11.7. The van der Waals surface area contributed by atoms with E-state index >= 15 is 0 Å². The van der Waals surface area contributed by atoms with Gasteiger partial charge in [0.2, 0.25) is 11.8 Å². The van der Waals surface area contributed by atoms with E-state index < -0.39 is 6.04 Å². The van der Waals surface area contributed by atoms with Gasteiger partial charge in [0.05, 0.1) is 17.4 Å². The van der Waals surface area contributed by atoms with Crippen molar-refractivity contribution in [2.24, 2.45) is 5.73 Å². The van der Waals surface area contributed by atoms with Gasteiger partial charge in [-0.15, -0.1) is 0 Å². The smallest absolute Gasteiger partial charge is 0.244 e. The number of anilines is 2. The summed E-state index contributed by atoms with van der Waals surface area (Å²) >= 11 is 0. The molecule has 0 aliphatic carbocycles. The van der Waals surface area contributed by atoms with Gasteiger partial charge < -0.3 is 11.1 Å². The van der Waals surface area contributed by atoms with Crippen molar-refractivity contribution in [3.8, 4) is 0 Å². The Hall–Kier alpha value is -1.88. The summed E-state index contributed by atoms with van der Waals surface area (Å²) in [6.07, 6.45) is 0. The molecule has 3 N–H and O–H groups in total. The average molecular weight is 219 g/mol. The summed E-state index contributed by atoms with van der Waals surface area (Å²) in [5.74, 6) is -0.449. The van der Waals surface area contributed by atoms with Crippen molar-refractivity contribution in [2.75, 3.05) is 16.8 Å². The van der Waals surface area contributed by atoms with Crippen molar-refractivity contribution in [1.82, 2.24) is 0 Å². The number of fused-ring (bicyclic) bond motifs is 1. The molecule has 0 fully saturated rings. The first-order valence-electron chi connectivity index (χ1n) is 5.05. The van der Waals surface area contributed by atoms with Crippen molar-refractivity contribution in [3.05, 3.63) is 24.3 Å². The van der Waals surface area contributed by atoms with Crippen LogP contribution in [0.15, 0.2) is 24.3 Å². The molecule has 5 nitrogen and oxygen atoms in total. The van der Waals surface area contributed by atoms with Crippen LogP contribution in [-0.4, -0.2) is 24.4 Å². The van der Waals surface area contributed by atoms with Gasteiger partial charge in [-0.25, -0.2) is 0 Å². The molecule has 5 heteroatoms. The zero-order valence-corrected chi connectivity index (χ0v) is 8.93. The van der Waals surface area contributed by atoms with E-state index in [-0.39, 0.29) is 18.4 Å².